The zero-order valence-electron chi connectivity index (χ0n) is 20.7. The SMILES string of the molecule is COc1nc(Cl)cc2c1c1ncc(-c3c(C)nnn3C)cc1n2C(c1ncccc1O)C1CCOCC1. The molecule has 0 aliphatic carbocycles. The molecule has 190 valence electrons. The second-order valence-corrected chi connectivity index (χ2v) is 9.65. The number of aromatic nitrogens is 7. The van der Waals surface area contributed by atoms with Crippen molar-refractivity contribution in [1.82, 2.24) is 34.5 Å². The van der Waals surface area contributed by atoms with E-state index >= 15 is 0 Å². The van der Waals surface area contributed by atoms with Gasteiger partial charge in [0.15, 0.2) is 0 Å². The molecule has 1 aliphatic heterocycles. The van der Waals surface area contributed by atoms with Crippen LogP contribution in [-0.2, 0) is 11.8 Å². The van der Waals surface area contributed by atoms with Crippen molar-refractivity contribution in [3.8, 4) is 22.9 Å². The van der Waals surface area contributed by atoms with Crippen LogP contribution in [0.2, 0.25) is 5.15 Å². The third kappa shape index (κ3) is 3.87. The number of methoxy groups -OCH3 is 1. The number of aryl methyl sites for hydroxylation is 2. The summed E-state index contributed by atoms with van der Waals surface area (Å²) in [5, 5.41) is 20.4. The van der Waals surface area contributed by atoms with Gasteiger partial charge in [0.2, 0.25) is 5.88 Å². The van der Waals surface area contributed by atoms with Gasteiger partial charge in [-0.15, -0.1) is 5.10 Å². The maximum atomic E-state index is 11.0. The summed E-state index contributed by atoms with van der Waals surface area (Å²) in [5.41, 5.74) is 5.50. The Morgan fingerprint density at radius 3 is 2.70 bits per heavy atom. The number of ether oxygens (including phenoxy) is 2. The Hall–Kier alpha value is -3.76. The van der Waals surface area contributed by atoms with Gasteiger partial charge in [-0.25, -0.2) is 9.67 Å². The molecule has 1 unspecified atom stereocenters. The van der Waals surface area contributed by atoms with Crippen LogP contribution in [0.3, 0.4) is 0 Å². The molecule has 1 saturated heterocycles. The molecule has 6 rings (SSSR count). The van der Waals surface area contributed by atoms with Crippen molar-refractivity contribution in [2.45, 2.75) is 25.8 Å². The number of nitrogens with zero attached hydrogens (tertiary/aromatic N) is 7. The van der Waals surface area contributed by atoms with E-state index in [1.165, 1.54) is 0 Å². The normalized spacial score (nSPS) is 15.5. The quantitative estimate of drug-likeness (QED) is 0.338. The minimum Gasteiger partial charge on any atom is -0.506 e. The lowest BCUT2D eigenvalue weighted by molar-refractivity contribution is 0.0544. The van der Waals surface area contributed by atoms with Gasteiger partial charge in [0.25, 0.3) is 0 Å². The predicted octanol–water partition coefficient (Wildman–Crippen LogP) is 4.47. The minimum absolute atomic E-state index is 0.136. The summed E-state index contributed by atoms with van der Waals surface area (Å²) in [6, 6.07) is 6.99. The lowest BCUT2D eigenvalue weighted by atomic mass is 9.88. The van der Waals surface area contributed by atoms with Crippen molar-refractivity contribution in [3.63, 3.8) is 0 Å². The van der Waals surface area contributed by atoms with Crippen LogP contribution in [0.25, 0.3) is 33.2 Å². The highest BCUT2D eigenvalue weighted by Crippen LogP contribution is 2.44. The zero-order valence-corrected chi connectivity index (χ0v) is 21.5. The summed E-state index contributed by atoms with van der Waals surface area (Å²) in [7, 11) is 3.43. The van der Waals surface area contributed by atoms with E-state index in [1.54, 1.807) is 30.1 Å². The second-order valence-electron chi connectivity index (χ2n) is 9.26. The van der Waals surface area contributed by atoms with Crippen LogP contribution in [-0.4, -0.2) is 59.9 Å². The van der Waals surface area contributed by atoms with Crippen LogP contribution in [0.15, 0.2) is 36.7 Å². The fraction of sp³-hybridized carbons (Fsp3) is 0.346. The van der Waals surface area contributed by atoms with Gasteiger partial charge in [-0.1, -0.05) is 16.8 Å². The Labute approximate surface area is 217 Å². The molecule has 0 saturated carbocycles. The lowest BCUT2D eigenvalue weighted by Gasteiger charge is -2.32. The molecule has 0 aromatic carbocycles. The monoisotopic (exact) mass is 519 g/mol. The fourth-order valence-corrected chi connectivity index (χ4v) is 5.69. The summed E-state index contributed by atoms with van der Waals surface area (Å²) in [6.45, 7) is 3.20. The van der Waals surface area contributed by atoms with Crippen molar-refractivity contribution in [1.29, 1.82) is 0 Å². The number of rotatable bonds is 5. The first kappa shape index (κ1) is 23.6. The van der Waals surface area contributed by atoms with E-state index in [9.17, 15) is 5.11 Å². The van der Waals surface area contributed by atoms with Gasteiger partial charge in [-0.05, 0) is 43.9 Å². The van der Waals surface area contributed by atoms with Gasteiger partial charge < -0.3 is 19.1 Å². The van der Waals surface area contributed by atoms with Gasteiger partial charge in [0.05, 0.1) is 41.0 Å². The Morgan fingerprint density at radius 2 is 2.00 bits per heavy atom. The van der Waals surface area contributed by atoms with E-state index in [0.29, 0.717) is 29.9 Å². The van der Waals surface area contributed by atoms with Crippen LogP contribution >= 0.6 is 11.6 Å². The van der Waals surface area contributed by atoms with E-state index in [1.807, 2.05) is 26.2 Å². The molecule has 0 spiro atoms. The third-order valence-electron chi connectivity index (χ3n) is 7.11. The average molecular weight is 520 g/mol. The molecule has 1 fully saturated rings. The number of hydrogen-bond acceptors (Lipinski definition) is 8. The van der Waals surface area contributed by atoms with Gasteiger partial charge in [0, 0.05) is 44.3 Å². The number of pyridine rings is 3. The number of halogens is 1. The molecular formula is C26H26ClN7O3. The molecule has 1 atom stereocenters. The van der Waals surface area contributed by atoms with Crippen molar-refractivity contribution < 1.29 is 14.6 Å². The summed E-state index contributed by atoms with van der Waals surface area (Å²) < 4.78 is 15.3. The molecule has 10 nitrogen and oxygen atoms in total. The molecule has 5 aromatic rings. The third-order valence-corrected chi connectivity index (χ3v) is 7.30. The van der Waals surface area contributed by atoms with Crippen LogP contribution in [0.1, 0.15) is 30.3 Å². The highest BCUT2D eigenvalue weighted by Gasteiger charge is 2.34. The Morgan fingerprint density at radius 1 is 1.19 bits per heavy atom. The highest BCUT2D eigenvalue weighted by molar-refractivity contribution is 6.30. The Bertz CT molecular complexity index is 1600. The summed E-state index contributed by atoms with van der Waals surface area (Å²) in [6.07, 6.45) is 5.15. The second kappa shape index (κ2) is 9.28. The van der Waals surface area contributed by atoms with Crippen molar-refractivity contribution in [2.24, 2.45) is 13.0 Å². The smallest absolute Gasteiger partial charge is 0.226 e. The van der Waals surface area contributed by atoms with E-state index in [0.717, 1.165) is 51.7 Å². The molecule has 6 heterocycles. The molecule has 0 amide bonds. The highest BCUT2D eigenvalue weighted by atomic mass is 35.5. The van der Waals surface area contributed by atoms with E-state index in [4.69, 9.17) is 26.1 Å². The van der Waals surface area contributed by atoms with Gasteiger partial charge >= 0.3 is 0 Å². The molecule has 1 N–H and O–H groups in total. The van der Waals surface area contributed by atoms with Gasteiger partial charge in [-0.3, -0.25) is 9.97 Å². The first-order chi connectivity index (χ1) is 18.0. The van der Waals surface area contributed by atoms with E-state index in [-0.39, 0.29) is 17.7 Å². The molecule has 37 heavy (non-hydrogen) atoms. The molecule has 11 heteroatoms. The van der Waals surface area contributed by atoms with E-state index in [2.05, 4.69) is 30.9 Å². The molecule has 5 aromatic heterocycles. The average Bonchev–Trinajstić information content (AvgIpc) is 3.41. The Kier molecular flexibility index (Phi) is 5.92. The zero-order chi connectivity index (χ0) is 25.7. The maximum Gasteiger partial charge on any atom is 0.226 e. The maximum absolute atomic E-state index is 11.0. The molecular weight excluding hydrogens is 494 g/mol. The molecule has 0 bridgehead atoms. The van der Waals surface area contributed by atoms with Crippen LogP contribution < -0.4 is 4.74 Å². The molecule has 0 radical (unpaired) electrons. The summed E-state index contributed by atoms with van der Waals surface area (Å²) in [5.74, 6) is 0.674. The number of aromatic hydroxyl groups is 1. The number of fused-ring (bicyclic) bond motifs is 3. The molecule has 1 aliphatic rings. The van der Waals surface area contributed by atoms with E-state index < -0.39 is 0 Å². The Balaban J connectivity index is 1.73. The van der Waals surface area contributed by atoms with Crippen LogP contribution in [0.4, 0.5) is 0 Å². The van der Waals surface area contributed by atoms with Gasteiger partial charge in [0.1, 0.15) is 22.1 Å². The first-order valence-electron chi connectivity index (χ1n) is 12.1. The summed E-state index contributed by atoms with van der Waals surface area (Å²) in [4.78, 5) is 14.0. The first-order valence-corrected chi connectivity index (χ1v) is 12.5. The van der Waals surface area contributed by atoms with Crippen molar-refractivity contribution in [2.75, 3.05) is 20.3 Å². The fourth-order valence-electron chi connectivity index (χ4n) is 5.51. The van der Waals surface area contributed by atoms with Crippen LogP contribution in [0, 0.1) is 12.8 Å². The number of hydrogen-bond donors (Lipinski definition) is 1. The summed E-state index contributed by atoms with van der Waals surface area (Å²) >= 11 is 6.49. The topological polar surface area (TPSA) is 113 Å². The minimum atomic E-state index is -0.309. The largest absolute Gasteiger partial charge is 0.506 e. The van der Waals surface area contributed by atoms with Crippen molar-refractivity contribution in [3.05, 3.63) is 53.2 Å². The predicted molar refractivity (Wildman–Crippen MR) is 139 cm³/mol. The lowest BCUT2D eigenvalue weighted by Crippen LogP contribution is -2.27. The van der Waals surface area contributed by atoms with Gasteiger partial charge in [-0.2, -0.15) is 0 Å². The van der Waals surface area contributed by atoms with Crippen LogP contribution in [0.5, 0.6) is 11.6 Å². The standard InChI is InChI=1S/C26H26ClN7O3/c1-14-24(33(2)32-31-14)16-11-18-22(29-13-16)21-17(12-20(27)30-26(21)36-3)34(18)25(15-6-9-37-10-7-15)23-19(35)5-4-8-28-23/h4-5,8,11-13,15,25,35H,6-7,9-10H2,1-3H3. The van der Waals surface area contributed by atoms with Crippen molar-refractivity contribution >= 4 is 33.5 Å².